The molecule has 3 heterocycles. The van der Waals surface area contributed by atoms with Gasteiger partial charge in [-0.1, -0.05) is 0 Å². The number of halogens is 2. The van der Waals surface area contributed by atoms with Crippen LogP contribution in [0.5, 0.6) is 5.75 Å². The van der Waals surface area contributed by atoms with Crippen LogP contribution in [0.4, 0.5) is 25.0 Å². The van der Waals surface area contributed by atoms with Crippen LogP contribution in [0.2, 0.25) is 0 Å². The summed E-state index contributed by atoms with van der Waals surface area (Å²) in [7, 11) is 0. The number of hydrogen-bond acceptors (Lipinski definition) is 7. The SMILES string of the molecule is CC(=O)NC[C@H]1CN(c2ccc(OCC3CCN(c4cc5c(cc4F)c(=O)c(C(=O)O)cn5C4CC4)C3)c(F)c2)C(=O)O1. The number of ether oxygens (including phenoxy) is 2. The molecule has 2 atom stereocenters. The molecule has 226 valence electrons. The van der Waals surface area contributed by atoms with Gasteiger partial charge in [0.2, 0.25) is 11.3 Å². The maximum atomic E-state index is 15.3. The number of cyclic esters (lactones) is 1. The van der Waals surface area contributed by atoms with Crippen molar-refractivity contribution in [1.29, 1.82) is 0 Å². The first-order valence-electron chi connectivity index (χ1n) is 14.1. The smallest absolute Gasteiger partial charge is 0.414 e. The van der Waals surface area contributed by atoms with E-state index in [1.54, 1.807) is 16.7 Å². The lowest BCUT2D eigenvalue weighted by molar-refractivity contribution is -0.119. The lowest BCUT2D eigenvalue weighted by Gasteiger charge is -2.21. The van der Waals surface area contributed by atoms with Gasteiger partial charge in [-0.25, -0.2) is 18.4 Å². The second kappa shape index (κ2) is 11.2. The van der Waals surface area contributed by atoms with Gasteiger partial charge < -0.3 is 29.4 Å². The van der Waals surface area contributed by atoms with Crippen LogP contribution in [0, 0.1) is 17.6 Å². The van der Waals surface area contributed by atoms with Crippen LogP contribution in [0.1, 0.15) is 42.6 Å². The monoisotopic (exact) mass is 596 g/mol. The number of carbonyl (C=O) groups excluding carboxylic acids is 2. The number of aromatic carboxylic acids is 1. The van der Waals surface area contributed by atoms with Crippen molar-refractivity contribution >= 4 is 40.2 Å². The molecule has 3 fully saturated rings. The second-order valence-electron chi connectivity index (χ2n) is 11.2. The van der Waals surface area contributed by atoms with Gasteiger partial charge in [0.15, 0.2) is 11.6 Å². The summed E-state index contributed by atoms with van der Waals surface area (Å²) in [5.74, 6) is -2.86. The average molecular weight is 597 g/mol. The Morgan fingerprint density at radius 2 is 1.88 bits per heavy atom. The number of aromatic nitrogens is 1. The van der Waals surface area contributed by atoms with Crippen molar-refractivity contribution < 1.29 is 37.7 Å². The molecule has 1 aromatic heterocycles. The zero-order valence-corrected chi connectivity index (χ0v) is 23.3. The minimum absolute atomic E-state index is 0.0177. The van der Waals surface area contributed by atoms with E-state index in [0.717, 1.165) is 18.9 Å². The molecule has 3 aromatic rings. The van der Waals surface area contributed by atoms with Crippen molar-refractivity contribution in [3.8, 4) is 5.75 Å². The van der Waals surface area contributed by atoms with E-state index >= 15 is 4.39 Å². The van der Waals surface area contributed by atoms with Crippen molar-refractivity contribution in [3.63, 3.8) is 0 Å². The highest BCUT2D eigenvalue weighted by Gasteiger charge is 2.33. The number of amides is 2. The van der Waals surface area contributed by atoms with E-state index in [0.29, 0.717) is 36.4 Å². The summed E-state index contributed by atoms with van der Waals surface area (Å²) in [6, 6.07) is 7.00. The minimum Gasteiger partial charge on any atom is -0.490 e. The summed E-state index contributed by atoms with van der Waals surface area (Å²) in [4.78, 5) is 50.9. The van der Waals surface area contributed by atoms with Gasteiger partial charge in [0, 0.05) is 49.6 Å². The Kier molecular flexibility index (Phi) is 7.40. The predicted molar refractivity (Wildman–Crippen MR) is 152 cm³/mol. The summed E-state index contributed by atoms with van der Waals surface area (Å²) in [6.07, 6.45) is 2.55. The fourth-order valence-electron chi connectivity index (χ4n) is 5.67. The number of pyridine rings is 1. The number of nitrogens with one attached hydrogen (secondary N) is 1. The zero-order chi connectivity index (χ0) is 30.4. The maximum Gasteiger partial charge on any atom is 0.414 e. The fourth-order valence-corrected chi connectivity index (χ4v) is 5.67. The molecule has 3 aliphatic rings. The maximum absolute atomic E-state index is 15.3. The highest BCUT2D eigenvalue weighted by atomic mass is 19.1. The van der Waals surface area contributed by atoms with E-state index in [1.165, 1.54) is 30.2 Å². The van der Waals surface area contributed by atoms with Crippen molar-refractivity contribution in [2.24, 2.45) is 5.92 Å². The van der Waals surface area contributed by atoms with Gasteiger partial charge in [-0.2, -0.15) is 0 Å². The van der Waals surface area contributed by atoms with Crippen LogP contribution in [0.15, 0.2) is 41.3 Å². The van der Waals surface area contributed by atoms with E-state index < -0.39 is 35.2 Å². The first-order valence-corrected chi connectivity index (χ1v) is 14.1. The standard InChI is InChI=1S/C30H30F2N4O7/c1-16(37)33-11-20-13-36(30(41)43-20)19-4-5-27(24(32)8-19)42-15-17-6-7-34(12-17)26-10-25-21(9-23(26)31)28(38)22(29(39)40)14-35(25)18-2-3-18/h4-5,8-10,14,17-18,20H,2-3,6-7,11-13,15H2,1H3,(H,33,37)(H,39,40)/t17?,20-/m0/s1. The van der Waals surface area contributed by atoms with Gasteiger partial charge in [0.1, 0.15) is 17.5 Å². The van der Waals surface area contributed by atoms with Gasteiger partial charge in [0.25, 0.3) is 0 Å². The molecule has 2 N–H and O–H groups in total. The number of nitrogens with zero attached hydrogens (tertiary/aromatic N) is 3. The molecule has 43 heavy (non-hydrogen) atoms. The molecule has 1 saturated carbocycles. The Labute approximate surface area is 244 Å². The Morgan fingerprint density at radius 1 is 1.09 bits per heavy atom. The van der Waals surface area contributed by atoms with E-state index in [9.17, 15) is 28.7 Å². The fraction of sp³-hybridized carbons (Fsp3) is 0.400. The highest BCUT2D eigenvalue weighted by molar-refractivity contribution is 5.94. The largest absolute Gasteiger partial charge is 0.490 e. The number of carboxylic acids is 1. The summed E-state index contributed by atoms with van der Waals surface area (Å²) in [5.41, 5.74) is 0.0312. The third-order valence-corrected chi connectivity index (χ3v) is 8.05. The van der Waals surface area contributed by atoms with Crippen LogP contribution >= 0.6 is 0 Å². The number of carboxylic acid groups (broad SMARTS) is 1. The van der Waals surface area contributed by atoms with Crippen molar-refractivity contribution in [2.45, 2.75) is 38.3 Å². The molecule has 2 amide bonds. The molecule has 2 aliphatic heterocycles. The number of rotatable bonds is 9. The van der Waals surface area contributed by atoms with Gasteiger partial charge in [-0.15, -0.1) is 0 Å². The Hall–Kier alpha value is -4.68. The number of hydrogen-bond donors (Lipinski definition) is 2. The van der Waals surface area contributed by atoms with E-state index in [-0.39, 0.29) is 54.3 Å². The van der Waals surface area contributed by atoms with E-state index in [2.05, 4.69) is 5.32 Å². The Morgan fingerprint density at radius 3 is 2.58 bits per heavy atom. The lowest BCUT2D eigenvalue weighted by atomic mass is 10.1. The van der Waals surface area contributed by atoms with Crippen LogP contribution < -0.4 is 25.3 Å². The average Bonchev–Trinajstić information content (AvgIpc) is 3.58. The molecule has 0 spiro atoms. The van der Waals surface area contributed by atoms with Gasteiger partial charge in [-0.3, -0.25) is 14.5 Å². The first-order chi connectivity index (χ1) is 20.6. The Bertz CT molecular complexity index is 1690. The molecule has 2 aromatic carbocycles. The second-order valence-corrected chi connectivity index (χ2v) is 11.2. The molecule has 6 rings (SSSR count). The molecule has 1 unspecified atom stereocenters. The lowest BCUT2D eigenvalue weighted by Crippen LogP contribution is -2.33. The number of fused-ring (bicyclic) bond motifs is 1. The summed E-state index contributed by atoms with van der Waals surface area (Å²) >= 11 is 0. The quantitative estimate of drug-likeness (QED) is 0.383. The van der Waals surface area contributed by atoms with Gasteiger partial charge >= 0.3 is 12.1 Å². The summed E-state index contributed by atoms with van der Waals surface area (Å²) in [5, 5.41) is 12.1. The summed E-state index contributed by atoms with van der Waals surface area (Å²) in [6.45, 7) is 2.84. The van der Waals surface area contributed by atoms with Crippen LogP contribution in [-0.4, -0.2) is 66.5 Å². The predicted octanol–water partition coefficient (Wildman–Crippen LogP) is 3.68. The van der Waals surface area contributed by atoms with Crippen molar-refractivity contribution in [1.82, 2.24) is 9.88 Å². The molecule has 0 radical (unpaired) electrons. The van der Waals surface area contributed by atoms with E-state index in [4.69, 9.17) is 9.47 Å². The van der Waals surface area contributed by atoms with Gasteiger partial charge in [-0.05, 0) is 43.5 Å². The van der Waals surface area contributed by atoms with Crippen LogP contribution in [-0.2, 0) is 9.53 Å². The normalized spacial score (nSPS) is 20.0. The van der Waals surface area contributed by atoms with Crippen molar-refractivity contribution in [3.05, 3.63) is 63.9 Å². The molecule has 13 heteroatoms. The topological polar surface area (TPSA) is 130 Å². The zero-order valence-electron chi connectivity index (χ0n) is 23.3. The Balaban J connectivity index is 1.12. The third-order valence-electron chi connectivity index (χ3n) is 8.05. The van der Waals surface area contributed by atoms with Gasteiger partial charge in [0.05, 0.1) is 36.6 Å². The van der Waals surface area contributed by atoms with Crippen LogP contribution in [0.3, 0.4) is 0 Å². The molecule has 1 aliphatic carbocycles. The van der Waals surface area contributed by atoms with Crippen molar-refractivity contribution in [2.75, 3.05) is 42.6 Å². The first kappa shape index (κ1) is 28.4. The molecule has 0 bridgehead atoms. The molecule has 11 nitrogen and oxygen atoms in total. The number of anilines is 2. The molecular weight excluding hydrogens is 566 g/mol. The summed E-state index contributed by atoms with van der Waals surface area (Å²) < 4.78 is 43.0. The number of benzene rings is 2. The van der Waals surface area contributed by atoms with Crippen LogP contribution in [0.25, 0.3) is 10.9 Å². The third kappa shape index (κ3) is 5.71. The molecule has 2 saturated heterocycles. The van der Waals surface area contributed by atoms with E-state index in [1.807, 2.05) is 4.90 Å². The number of carbonyl (C=O) groups is 3. The molecular formula is C30H30F2N4O7. The minimum atomic E-state index is -1.34. The highest BCUT2D eigenvalue weighted by Crippen LogP contribution is 2.39.